The van der Waals surface area contributed by atoms with Gasteiger partial charge >= 0.3 is 0 Å². The highest BCUT2D eigenvalue weighted by molar-refractivity contribution is 6.30. The number of carbonyl (C=O) groups excluding carboxylic acids is 2. The Bertz CT molecular complexity index is 835. The van der Waals surface area contributed by atoms with Gasteiger partial charge in [-0.05, 0) is 54.7 Å². The first-order valence-corrected chi connectivity index (χ1v) is 8.94. The summed E-state index contributed by atoms with van der Waals surface area (Å²) in [5, 5.41) is 0.706. The van der Waals surface area contributed by atoms with Crippen molar-refractivity contribution in [3.63, 3.8) is 0 Å². The second-order valence-electron chi connectivity index (χ2n) is 6.56. The molecule has 0 saturated carbocycles. The first kappa shape index (κ1) is 16.1. The lowest BCUT2D eigenvalue weighted by Gasteiger charge is -2.28. The van der Waals surface area contributed by atoms with Gasteiger partial charge in [-0.15, -0.1) is 0 Å². The van der Waals surface area contributed by atoms with Crippen LogP contribution in [0.4, 0.5) is 0 Å². The molecule has 2 aromatic carbocycles. The minimum atomic E-state index is -0.179. The van der Waals surface area contributed by atoms with Gasteiger partial charge in [-0.3, -0.25) is 14.5 Å². The van der Waals surface area contributed by atoms with Crippen molar-refractivity contribution in [2.75, 3.05) is 6.54 Å². The number of hydrogen-bond donors (Lipinski definition) is 0. The van der Waals surface area contributed by atoms with Gasteiger partial charge in [0.15, 0.2) is 0 Å². The average molecular weight is 352 g/mol. The first-order chi connectivity index (χ1) is 12.1. The molecule has 2 aliphatic rings. The number of allylic oxidation sites excluding steroid dienone is 1. The van der Waals surface area contributed by atoms with E-state index in [4.69, 9.17) is 11.6 Å². The van der Waals surface area contributed by atoms with Crippen LogP contribution in [0, 0.1) is 5.92 Å². The van der Waals surface area contributed by atoms with E-state index >= 15 is 0 Å². The van der Waals surface area contributed by atoms with Crippen LogP contribution in [-0.2, 0) is 0 Å². The number of nitrogens with zero attached hydrogens (tertiary/aromatic N) is 1. The molecule has 0 saturated heterocycles. The smallest absolute Gasteiger partial charge is 0.261 e. The lowest BCUT2D eigenvalue weighted by Crippen LogP contribution is -2.35. The third-order valence-corrected chi connectivity index (χ3v) is 5.27. The molecular weight excluding hydrogens is 334 g/mol. The van der Waals surface area contributed by atoms with Crippen molar-refractivity contribution in [3.05, 3.63) is 76.3 Å². The van der Waals surface area contributed by atoms with E-state index in [2.05, 4.69) is 6.08 Å². The minimum Gasteiger partial charge on any atom is -0.274 e. The van der Waals surface area contributed by atoms with Crippen molar-refractivity contribution in [1.29, 1.82) is 0 Å². The topological polar surface area (TPSA) is 37.4 Å². The highest BCUT2D eigenvalue weighted by Gasteiger charge is 2.37. The molecule has 4 heteroatoms. The van der Waals surface area contributed by atoms with Gasteiger partial charge in [0.05, 0.1) is 11.1 Å². The minimum absolute atomic E-state index is 0.164. The fourth-order valence-electron chi connectivity index (χ4n) is 3.75. The molecule has 25 heavy (non-hydrogen) atoms. The lowest BCUT2D eigenvalue weighted by molar-refractivity contribution is 0.0638. The summed E-state index contributed by atoms with van der Waals surface area (Å²) in [6.07, 6.45) is 5.30. The number of rotatable bonds is 3. The van der Waals surface area contributed by atoms with Crippen LogP contribution in [0.1, 0.15) is 45.5 Å². The molecule has 2 aromatic rings. The molecule has 0 bridgehead atoms. The van der Waals surface area contributed by atoms with Crippen LogP contribution >= 0.6 is 11.6 Å². The van der Waals surface area contributed by atoms with Crippen LogP contribution in [0.3, 0.4) is 0 Å². The fourth-order valence-corrected chi connectivity index (χ4v) is 3.88. The molecule has 126 valence electrons. The molecule has 0 aromatic heterocycles. The van der Waals surface area contributed by atoms with Gasteiger partial charge < -0.3 is 0 Å². The zero-order valence-electron chi connectivity index (χ0n) is 13.7. The normalized spacial score (nSPS) is 19.8. The van der Waals surface area contributed by atoms with E-state index in [0.717, 1.165) is 24.8 Å². The van der Waals surface area contributed by atoms with Gasteiger partial charge in [0, 0.05) is 17.5 Å². The molecule has 1 heterocycles. The van der Waals surface area contributed by atoms with Gasteiger partial charge in [0.25, 0.3) is 11.8 Å². The van der Waals surface area contributed by atoms with E-state index in [1.807, 2.05) is 24.3 Å². The molecule has 1 aliphatic carbocycles. The summed E-state index contributed by atoms with van der Waals surface area (Å²) in [5.41, 5.74) is 3.35. The number of hydrogen-bond acceptors (Lipinski definition) is 2. The van der Waals surface area contributed by atoms with Crippen LogP contribution in [0.2, 0.25) is 5.02 Å². The lowest BCUT2D eigenvalue weighted by atomic mass is 9.83. The van der Waals surface area contributed by atoms with Gasteiger partial charge in [0.2, 0.25) is 0 Å². The van der Waals surface area contributed by atoms with E-state index in [9.17, 15) is 9.59 Å². The predicted octanol–water partition coefficient (Wildman–Crippen LogP) is 4.82. The Morgan fingerprint density at radius 2 is 1.60 bits per heavy atom. The van der Waals surface area contributed by atoms with E-state index < -0.39 is 0 Å². The average Bonchev–Trinajstić information content (AvgIpc) is 2.88. The number of benzene rings is 2. The van der Waals surface area contributed by atoms with Crippen molar-refractivity contribution in [3.8, 4) is 0 Å². The Kier molecular flexibility index (Phi) is 4.18. The molecular formula is C21H18ClNO2. The zero-order valence-corrected chi connectivity index (χ0v) is 14.5. The monoisotopic (exact) mass is 351 g/mol. The Balaban J connectivity index is 1.61. The summed E-state index contributed by atoms with van der Waals surface area (Å²) in [6.45, 7) is 0.431. The Morgan fingerprint density at radius 1 is 0.960 bits per heavy atom. The first-order valence-electron chi connectivity index (χ1n) is 8.56. The van der Waals surface area contributed by atoms with E-state index in [0.29, 0.717) is 22.7 Å². The predicted molar refractivity (Wildman–Crippen MR) is 98.6 cm³/mol. The molecule has 1 atom stereocenters. The van der Waals surface area contributed by atoms with E-state index in [-0.39, 0.29) is 17.7 Å². The Hall–Kier alpha value is -2.39. The van der Waals surface area contributed by atoms with Crippen molar-refractivity contribution >= 4 is 29.0 Å². The number of imide groups is 1. The summed E-state index contributed by atoms with van der Waals surface area (Å²) < 4.78 is 0. The van der Waals surface area contributed by atoms with Gasteiger partial charge in [-0.2, -0.15) is 0 Å². The molecule has 0 fully saturated rings. The summed E-state index contributed by atoms with van der Waals surface area (Å²) in [6, 6.07) is 14.8. The van der Waals surface area contributed by atoms with Gasteiger partial charge in [-0.1, -0.05) is 41.9 Å². The Labute approximate surface area is 151 Å². The standard InChI is InChI=1S/C21H18ClNO2/c22-16-11-9-14(10-12-16)17-6-2-1-5-15(17)13-23-20(24)18-7-3-4-8-19(18)21(23)25/h3-4,6-12,15H,1-2,5,13H2/t15-/m1/s1. The highest BCUT2D eigenvalue weighted by atomic mass is 35.5. The molecule has 2 amide bonds. The largest absolute Gasteiger partial charge is 0.274 e. The molecule has 0 spiro atoms. The third-order valence-electron chi connectivity index (χ3n) is 5.02. The van der Waals surface area contributed by atoms with Crippen molar-refractivity contribution in [2.24, 2.45) is 5.92 Å². The van der Waals surface area contributed by atoms with Crippen LogP contribution in [0.25, 0.3) is 5.57 Å². The van der Waals surface area contributed by atoms with E-state index in [1.54, 1.807) is 24.3 Å². The van der Waals surface area contributed by atoms with Gasteiger partial charge in [-0.25, -0.2) is 0 Å². The van der Waals surface area contributed by atoms with E-state index in [1.165, 1.54) is 10.5 Å². The van der Waals surface area contributed by atoms with Crippen molar-refractivity contribution < 1.29 is 9.59 Å². The van der Waals surface area contributed by atoms with Crippen LogP contribution in [0.5, 0.6) is 0 Å². The zero-order chi connectivity index (χ0) is 17.4. The number of carbonyl (C=O) groups is 2. The Morgan fingerprint density at radius 3 is 2.24 bits per heavy atom. The molecule has 3 nitrogen and oxygen atoms in total. The second kappa shape index (κ2) is 6.49. The third kappa shape index (κ3) is 2.89. The molecule has 1 aliphatic heterocycles. The summed E-state index contributed by atoms with van der Waals surface area (Å²) >= 11 is 6.00. The maximum Gasteiger partial charge on any atom is 0.261 e. The fraction of sp³-hybridized carbons (Fsp3) is 0.238. The number of halogens is 1. The van der Waals surface area contributed by atoms with Crippen molar-refractivity contribution in [1.82, 2.24) is 4.90 Å². The molecule has 0 radical (unpaired) electrons. The van der Waals surface area contributed by atoms with Crippen LogP contribution in [0.15, 0.2) is 54.6 Å². The highest BCUT2D eigenvalue weighted by Crippen LogP contribution is 2.35. The maximum atomic E-state index is 12.6. The summed E-state index contributed by atoms with van der Waals surface area (Å²) in [5.74, 6) is -0.194. The molecule has 4 rings (SSSR count). The van der Waals surface area contributed by atoms with Crippen molar-refractivity contribution in [2.45, 2.75) is 19.3 Å². The molecule has 0 N–H and O–H groups in total. The summed E-state index contributed by atoms with van der Waals surface area (Å²) in [4.78, 5) is 26.7. The SMILES string of the molecule is O=C1c2ccccc2C(=O)N1C[C@H]1CCCC=C1c1ccc(Cl)cc1. The number of amides is 2. The maximum absolute atomic E-state index is 12.6. The summed E-state index contributed by atoms with van der Waals surface area (Å²) in [7, 11) is 0. The van der Waals surface area contributed by atoms with Gasteiger partial charge in [0.1, 0.15) is 0 Å². The molecule has 0 unspecified atom stereocenters. The number of fused-ring (bicyclic) bond motifs is 1. The second-order valence-corrected chi connectivity index (χ2v) is 7.00. The van der Waals surface area contributed by atoms with Crippen LogP contribution in [-0.4, -0.2) is 23.3 Å². The van der Waals surface area contributed by atoms with Crippen LogP contribution < -0.4 is 0 Å². The quantitative estimate of drug-likeness (QED) is 0.743.